The Balaban J connectivity index is 0.000000291. The van der Waals surface area contributed by atoms with E-state index >= 15 is 0 Å². The molecule has 56 valence electrons. The van der Waals surface area contributed by atoms with Gasteiger partial charge in [-0.15, -0.1) is 0 Å². The molecule has 0 bridgehead atoms. The van der Waals surface area contributed by atoms with Gasteiger partial charge in [-0.1, -0.05) is 0 Å². The van der Waals surface area contributed by atoms with Crippen LogP contribution in [0.2, 0.25) is 0 Å². The molecule has 1 aliphatic rings. The van der Waals surface area contributed by atoms with Gasteiger partial charge in [0.15, 0.2) is 0 Å². The summed E-state index contributed by atoms with van der Waals surface area (Å²) in [6, 6.07) is 0. The van der Waals surface area contributed by atoms with Crippen LogP contribution in [0.4, 0.5) is 0 Å². The standard InChI is InChI=1S/C5H12N2.CH4O/c6-5-7-3-1-2-4-7;1-2/h1-6H2;2H,1H3. The Morgan fingerprint density at radius 2 is 1.78 bits per heavy atom. The van der Waals surface area contributed by atoms with E-state index in [9.17, 15) is 0 Å². The number of nitrogens with zero attached hydrogens (tertiary/aromatic N) is 1. The molecule has 1 fully saturated rings. The number of aliphatic hydroxyl groups excluding tert-OH is 1. The molecule has 3 heteroatoms. The summed E-state index contributed by atoms with van der Waals surface area (Å²) in [6.45, 7) is 3.19. The molecule has 1 aliphatic heterocycles. The van der Waals surface area contributed by atoms with Crippen LogP contribution in [0.15, 0.2) is 0 Å². The molecule has 0 radical (unpaired) electrons. The first-order valence-corrected chi connectivity index (χ1v) is 3.30. The van der Waals surface area contributed by atoms with Crippen LogP contribution in [-0.4, -0.2) is 36.9 Å². The van der Waals surface area contributed by atoms with Gasteiger partial charge >= 0.3 is 0 Å². The lowest BCUT2D eigenvalue weighted by Gasteiger charge is -2.08. The number of aliphatic hydroxyl groups is 1. The van der Waals surface area contributed by atoms with Gasteiger partial charge in [-0.05, 0) is 25.9 Å². The molecule has 0 saturated carbocycles. The van der Waals surface area contributed by atoms with E-state index in [1.807, 2.05) is 0 Å². The number of likely N-dealkylation sites (tertiary alicyclic amines) is 1. The van der Waals surface area contributed by atoms with Gasteiger partial charge in [-0.3, -0.25) is 4.90 Å². The molecular formula is C6H16N2O. The van der Waals surface area contributed by atoms with E-state index in [1.165, 1.54) is 25.9 Å². The summed E-state index contributed by atoms with van der Waals surface area (Å²) in [5.74, 6) is 0. The SMILES string of the molecule is CO.NCN1CCCC1. The highest BCUT2D eigenvalue weighted by atomic mass is 16.2. The first kappa shape index (κ1) is 8.88. The Labute approximate surface area is 56.5 Å². The zero-order valence-electron chi connectivity index (χ0n) is 6.01. The van der Waals surface area contributed by atoms with Crippen LogP contribution in [0.5, 0.6) is 0 Å². The molecule has 0 aromatic rings. The summed E-state index contributed by atoms with van der Waals surface area (Å²) in [6.07, 6.45) is 2.69. The van der Waals surface area contributed by atoms with E-state index in [2.05, 4.69) is 4.90 Å². The van der Waals surface area contributed by atoms with Crippen LogP contribution in [0, 0.1) is 0 Å². The Morgan fingerprint density at radius 1 is 1.33 bits per heavy atom. The van der Waals surface area contributed by atoms with Crippen molar-refractivity contribution in [1.82, 2.24) is 4.90 Å². The Hall–Kier alpha value is -0.120. The van der Waals surface area contributed by atoms with Crippen molar-refractivity contribution in [3.63, 3.8) is 0 Å². The zero-order valence-corrected chi connectivity index (χ0v) is 6.01. The van der Waals surface area contributed by atoms with Crippen molar-refractivity contribution in [2.75, 3.05) is 26.9 Å². The fraction of sp³-hybridized carbons (Fsp3) is 1.00. The summed E-state index contributed by atoms with van der Waals surface area (Å²) >= 11 is 0. The molecule has 9 heavy (non-hydrogen) atoms. The number of rotatable bonds is 1. The van der Waals surface area contributed by atoms with Crippen molar-refractivity contribution in [2.24, 2.45) is 5.73 Å². The fourth-order valence-electron chi connectivity index (χ4n) is 0.965. The van der Waals surface area contributed by atoms with Crippen molar-refractivity contribution >= 4 is 0 Å². The average Bonchev–Trinajstić information content (AvgIpc) is 2.43. The molecule has 0 aromatic carbocycles. The second-order valence-corrected chi connectivity index (χ2v) is 2.01. The Bertz CT molecular complexity index is 53.0. The van der Waals surface area contributed by atoms with Crippen molar-refractivity contribution in [1.29, 1.82) is 0 Å². The molecule has 0 unspecified atom stereocenters. The molecular weight excluding hydrogens is 116 g/mol. The molecule has 0 aromatic heterocycles. The highest BCUT2D eigenvalue weighted by Crippen LogP contribution is 2.03. The second kappa shape index (κ2) is 6.01. The average molecular weight is 132 g/mol. The molecule has 0 aliphatic carbocycles. The van der Waals surface area contributed by atoms with Gasteiger partial charge in [0.25, 0.3) is 0 Å². The smallest absolute Gasteiger partial charge is 0.0455 e. The van der Waals surface area contributed by atoms with Gasteiger partial charge in [-0.25, -0.2) is 0 Å². The van der Waals surface area contributed by atoms with Gasteiger partial charge in [0.1, 0.15) is 0 Å². The molecule has 3 N–H and O–H groups in total. The maximum absolute atomic E-state index is 7.00. The second-order valence-electron chi connectivity index (χ2n) is 2.01. The molecule has 1 heterocycles. The third-order valence-electron chi connectivity index (χ3n) is 1.46. The van der Waals surface area contributed by atoms with Gasteiger partial charge in [0, 0.05) is 13.8 Å². The number of hydrogen-bond acceptors (Lipinski definition) is 3. The van der Waals surface area contributed by atoms with Gasteiger partial charge in [0.2, 0.25) is 0 Å². The van der Waals surface area contributed by atoms with E-state index in [1.54, 1.807) is 0 Å². The van der Waals surface area contributed by atoms with Crippen LogP contribution in [-0.2, 0) is 0 Å². The van der Waals surface area contributed by atoms with Crippen molar-refractivity contribution < 1.29 is 5.11 Å². The van der Waals surface area contributed by atoms with Crippen LogP contribution >= 0.6 is 0 Å². The van der Waals surface area contributed by atoms with E-state index < -0.39 is 0 Å². The highest BCUT2D eigenvalue weighted by Gasteiger charge is 2.07. The first-order chi connectivity index (χ1) is 4.43. The van der Waals surface area contributed by atoms with Crippen molar-refractivity contribution in [2.45, 2.75) is 12.8 Å². The summed E-state index contributed by atoms with van der Waals surface area (Å²) in [4.78, 5) is 2.26. The maximum Gasteiger partial charge on any atom is 0.0455 e. The summed E-state index contributed by atoms with van der Waals surface area (Å²) in [5.41, 5.74) is 5.36. The normalized spacial score (nSPS) is 19.0. The fourth-order valence-corrected chi connectivity index (χ4v) is 0.965. The molecule has 3 nitrogen and oxygen atoms in total. The quantitative estimate of drug-likeness (QED) is 0.510. The largest absolute Gasteiger partial charge is 0.400 e. The molecule has 0 atom stereocenters. The highest BCUT2D eigenvalue weighted by molar-refractivity contribution is 4.62. The third-order valence-corrected chi connectivity index (χ3v) is 1.46. The topological polar surface area (TPSA) is 49.5 Å². The summed E-state index contributed by atoms with van der Waals surface area (Å²) in [7, 11) is 1.00. The van der Waals surface area contributed by atoms with Gasteiger partial charge in [0.05, 0.1) is 0 Å². The first-order valence-electron chi connectivity index (χ1n) is 3.30. The van der Waals surface area contributed by atoms with Crippen LogP contribution < -0.4 is 5.73 Å². The lowest BCUT2D eigenvalue weighted by molar-refractivity contribution is 0.350. The van der Waals surface area contributed by atoms with Crippen LogP contribution in [0.25, 0.3) is 0 Å². The Kier molecular flexibility index (Phi) is 5.93. The van der Waals surface area contributed by atoms with Crippen LogP contribution in [0.1, 0.15) is 12.8 Å². The number of nitrogens with two attached hydrogens (primary N) is 1. The number of hydrogen-bond donors (Lipinski definition) is 2. The van der Waals surface area contributed by atoms with E-state index in [0.717, 1.165) is 13.8 Å². The summed E-state index contributed by atoms with van der Waals surface area (Å²) in [5, 5.41) is 7.00. The molecule has 1 rings (SSSR count). The van der Waals surface area contributed by atoms with Crippen molar-refractivity contribution in [3.05, 3.63) is 0 Å². The minimum Gasteiger partial charge on any atom is -0.400 e. The third kappa shape index (κ3) is 3.46. The van der Waals surface area contributed by atoms with Crippen LogP contribution in [0.3, 0.4) is 0 Å². The van der Waals surface area contributed by atoms with E-state index in [4.69, 9.17) is 10.8 Å². The monoisotopic (exact) mass is 132 g/mol. The maximum atomic E-state index is 7.00. The molecule has 1 saturated heterocycles. The van der Waals surface area contributed by atoms with Gasteiger partial charge in [-0.2, -0.15) is 0 Å². The van der Waals surface area contributed by atoms with Crippen molar-refractivity contribution in [3.8, 4) is 0 Å². The zero-order chi connectivity index (χ0) is 7.11. The molecule has 0 spiro atoms. The molecule has 0 amide bonds. The van der Waals surface area contributed by atoms with Gasteiger partial charge < -0.3 is 10.8 Å². The predicted octanol–water partition coefficient (Wildman–Crippen LogP) is -0.393. The van der Waals surface area contributed by atoms with E-state index in [-0.39, 0.29) is 0 Å². The van der Waals surface area contributed by atoms with E-state index in [0.29, 0.717) is 0 Å². The predicted molar refractivity (Wildman–Crippen MR) is 38.0 cm³/mol. The lowest BCUT2D eigenvalue weighted by Crippen LogP contribution is -2.26. The Morgan fingerprint density at radius 3 is 2.00 bits per heavy atom. The summed E-state index contributed by atoms with van der Waals surface area (Å²) < 4.78 is 0. The minimum absolute atomic E-state index is 0.750. The minimum atomic E-state index is 0.750. The lowest BCUT2D eigenvalue weighted by atomic mass is 10.4.